The summed E-state index contributed by atoms with van der Waals surface area (Å²) >= 11 is 0. The fraction of sp³-hybridized carbons (Fsp3) is 0.739. The zero-order valence-corrected chi connectivity index (χ0v) is 18.5. The molecule has 2 aliphatic heterocycles. The highest BCUT2D eigenvalue weighted by atomic mass is 16.8. The summed E-state index contributed by atoms with van der Waals surface area (Å²) in [6.45, 7) is 12.6. The van der Waals surface area contributed by atoms with Gasteiger partial charge < -0.3 is 28.8 Å². The van der Waals surface area contributed by atoms with Gasteiger partial charge in [0, 0.05) is 6.42 Å². The number of hydrogen-bond donors (Lipinski definition) is 1. The average Bonchev–Trinajstić information content (AvgIpc) is 3.02. The molecule has 2 saturated heterocycles. The second-order valence-corrected chi connectivity index (χ2v) is 9.33. The lowest BCUT2D eigenvalue weighted by Gasteiger charge is -2.48. The number of ether oxygens (including phenoxy) is 5. The van der Waals surface area contributed by atoms with Crippen LogP contribution in [0.4, 0.5) is 0 Å². The van der Waals surface area contributed by atoms with Crippen LogP contribution in [0.5, 0.6) is 0 Å². The Morgan fingerprint density at radius 2 is 1.83 bits per heavy atom. The maximum absolute atomic E-state index is 11.1. The van der Waals surface area contributed by atoms with Crippen molar-refractivity contribution in [2.75, 3.05) is 6.61 Å². The van der Waals surface area contributed by atoms with Crippen LogP contribution in [-0.4, -0.2) is 53.3 Å². The van der Waals surface area contributed by atoms with Gasteiger partial charge in [0.05, 0.1) is 24.9 Å². The van der Waals surface area contributed by atoms with Gasteiger partial charge in [-0.1, -0.05) is 37.3 Å². The second kappa shape index (κ2) is 8.61. The SMILES string of the molecule is CCC(C)(C)OC1(C)CC(OCc2ccccc2)C(O)C(C2COC(C)(C)O2)O1. The minimum absolute atomic E-state index is 0.355. The van der Waals surface area contributed by atoms with Gasteiger partial charge in [-0.25, -0.2) is 0 Å². The summed E-state index contributed by atoms with van der Waals surface area (Å²) in [4.78, 5) is 0. The second-order valence-electron chi connectivity index (χ2n) is 9.33. The van der Waals surface area contributed by atoms with E-state index in [9.17, 15) is 5.11 Å². The molecule has 3 rings (SSSR count). The molecule has 5 atom stereocenters. The van der Waals surface area contributed by atoms with Crippen LogP contribution in [-0.2, 0) is 30.3 Å². The molecule has 2 fully saturated rings. The highest BCUT2D eigenvalue weighted by Crippen LogP contribution is 2.39. The maximum atomic E-state index is 11.1. The summed E-state index contributed by atoms with van der Waals surface area (Å²) < 4.78 is 30.6. The molecular weight excluding hydrogens is 372 g/mol. The van der Waals surface area contributed by atoms with Crippen molar-refractivity contribution in [3.05, 3.63) is 35.9 Å². The molecule has 5 unspecified atom stereocenters. The van der Waals surface area contributed by atoms with E-state index in [1.807, 2.05) is 65.0 Å². The quantitative estimate of drug-likeness (QED) is 0.740. The van der Waals surface area contributed by atoms with Crippen LogP contribution in [0.1, 0.15) is 59.9 Å². The number of rotatable bonds is 7. The largest absolute Gasteiger partial charge is 0.388 e. The van der Waals surface area contributed by atoms with E-state index in [1.165, 1.54) is 0 Å². The Labute approximate surface area is 174 Å². The molecule has 1 N–H and O–H groups in total. The van der Waals surface area contributed by atoms with Crippen molar-refractivity contribution in [2.45, 2.75) is 103 Å². The molecule has 1 aromatic rings. The van der Waals surface area contributed by atoms with Crippen molar-refractivity contribution >= 4 is 0 Å². The topological polar surface area (TPSA) is 66.4 Å². The summed E-state index contributed by atoms with van der Waals surface area (Å²) in [5, 5.41) is 11.1. The number of aliphatic hydroxyl groups excluding tert-OH is 1. The molecule has 0 aromatic heterocycles. The Bertz CT molecular complexity index is 661. The van der Waals surface area contributed by atoms with Gasteiger partial charge in [0.25, 0.3) is 0 Å². The molecule has 6 nitrogen and oxygen atoms in total. The van der Waals surface area contributed by atoms with Crippen LogP contribution >= 0.6 is 0 Å². The first-order valence-corrected chi connectivity index (χ1v) is 10.6. The third kappa shape index (κ3) is 5.78. The fourth-order valence-corrected chi connectivity index (χ4v) is 3.93. The van der Waals surface area contributed by atoms with Crippen LogP contribution in [0.15, 0.2) is 30.3 Å². The summed E-state index contributed by atoms with van der Waals surface area (Å²) in [5.41, 5.74) is 0.693. The molecule has 0 radical (unpaired) electrons. The highest BCUT2D eigenvalue weighted by Gasteiger charge is 2.52. The van der Waals surface area contributed by atoms with Gasteiger partial charge in [-0.2, -0.15) is 0 Å². The molecule has 6 heteroatoms. The van der Waals surface area contributed by atoms with Gasteiger partial charge in [0.2, 0.25) is 0 Å². The van der Waals surface area contributed by atoms with E-state index in [0.29, 0.717) is 19.6 Å². The Balaban J connectivity index is 1.78. The first-order valence-electron chi connectivity index (χ1n) is 10.6. The standard InChI is InChI=1S/C23H36O6/c1-7-21(2,3)29-23(6)13-17(25-14-16-11-9-8-10-12-16)19(24)20(28-23)18-15-26-22(4,5)27-18/h8-12,17-20,24H,7,13-15H2,1-6H3. The molecule has 1 aromatic carbocycles. The van der Waals surface area contributed by atoms with Crippen LogP contribution in [0.25, 0.3) is 0 Å². The molecule has 2 heterocycles. The maximum Gasteiger partial charge on any atom is 0.169 e. The number of aliphatic hydroxyl groups is 1. The van der Waals surface area contributed by atoms with E-state index in [0.717, 1.165) is 12.0 Å². The van der Waals surface area contributed by atoms with Crippen LogP contribution < -0.4 is 0 Å². The molecule has 0 bridgehead atoms. The normalized spacial score (nSPS) is 35.0. The van der Waals surface area contributed by atoms with Gasteiger partial charge in [0.15, 0.2) is 11.6 Å². The number of hydrogen-bond acceptors (Lipinski definition) is 6. The van der Waals surface area contributed by atoms with E-state index >= 15 is 0 Å². The smallest absolute Gasteiger partial charge is 0.169 e. The molecule has 2 aliphatic rings. The van der Waals surface area contributed by atoms with E-state index < -0.39 is 36.0 Å². The van der Waals surface area contributed by atoms with E-state index in [4.69, 9.17) is 23.7 Å². The Morgan fingerprint density at radius 3 is 2.41 bits per heavy atom. The fourth-order valence-electron chi connectivity index (χ4n) is 3.93. The number of benzene rings is 1. The van der Waals surface area contributed by atoms with E-state index in [-0.39, 0.29) is 5.60 Å². The Kier molecular flexibility index (Phi) is 6.73. The lowest BCUT2D eigenvalue weighted by atomic mass is 9.92. The van der Waals surface area contributed by atoms with Crippen molar-refractivity contribution in [2.24, 2.45) is 0 Å². The lowest BCUT2D eigenvalue weighted by molar-refractivity contribution is -0.354. The van der Waals surface area contributed by atoms with Crippen molar-refractivity contribution in [1.29, 1.82) is 0 Å². The van der Waals surface area contributed by atoms with Gasteiger partial charge in [-0.15, -0.1) is 0 Å². The van der Waals surface area contributed by atoms with Crippen molar-refractivity contribution in [3.63, 3.8) is 0 Å². The van der Waals surface area contributed by atoms with Gasteiger partial charge >= 0.3 is 0 Å². The molecule has 29 heavy (non-hydrogen) atoms. The summed E-state index contributed by atoms with van der Waals surface area (Å²) in [6, 6.07) is 9.94. The monoisotopic (exact) mass is 408 g/mol. The predicted octanol–water partition coefficient (Wildman–Crippen LogP) is 3.79. The predicted molar refractivity (Wildman–Crippen MR) is 109 cm³/mol. The zero-order valence-electron chi connectivity index (χ0n) is 18.5. The Morgan fingerprint density at radius 1 is 1.14 bits per heavy atom. The highest BCUT2D eigenvalue weighted by molar-refractivity contribution is 5.13. The molecule has 0 saturated carbocycles. The van der Waals surface area contributed by atoms with Crippen molar-refractivity contribution in [3.8, 4) is 0 Å². The molecular formula is C23H36O6. The zero-order chi connectivity index (χ0) is 21.3. The van der Waals surface area contributed by atoms with Crippen LogP contribution in [0.2, 0.25) is 0 Å². The van der Waals surface area contributed by atoms with Crippen LogP contribution in [0.3, 0.4) is 0 Å². The molecule has 164 valence electrons. The summed E-state index contributed by atoms with van der Waals surface area (Å²) in [7, 11) is 0. The average molecular weight is 409 g/mol. The molecule has 0 aliphatic carbocycles. The van der Waals surface area contributed by atoms with Crippen LogP contribution in [0, 0.1) is 0 Å². The minimum atomic E-state index is -0.902. The van der Waals surface area contributed by atoms with E-state index in [2.05, 4.69) is 6.92 Å². The first kappa shape index (κ1) is 22.7. The third-order valence-corrected chi connectivity index (χ3v) is 5.72. The van der Waals surface area contributed by atoms with Gasteiger partial charge in [-0.3, -0.25) is 0 Å². The molecule has 0 spiro atoms. The van der Waals surface area contributed by atoms with Crippen molar-refractivity contribution in [1.82, 2.24) is 0 Å². The molecule has 0 amide bonds. The Hall–Kier alpha value is -1.02. The summed E-state index contributed by atoms with van der Waals surface area (Å²) in [6.07, 6.45) is -1.02. The lowest BCUT2D eigenvalue weighted by Crippen LogP contribution is -2.60. The van der Waals surface area contributed by atoms with Gasteiger partial charge in [-0.05, 0) is 46.6 Å². The van der Waals surface area contributed by atoms with Gasteiger partial charge in [0.1, 0.15) is 18.3 Å². The van der Waals surface area contributed by atoms with Crippen molar-refractivity contribution < 1.29 is 28.8 Å². The third-order valence-electron chi connectivity index (χ3n) is 5.72. The first-order chi connectivity index (χ1) is 13.5. The van der Waals surface area contributed by atoms with E-state index in [1.54, 1.807) is 0 Å². The summed E-state index contributed by atoms with van der Waals surface area (Å²) in [5.74, 6) is -1.60. The minimum Gasteiger partial charge on any atom is -0.388 e.